The number of nitrogens with zero attached hydrogens (tertiary/aromatic N) is 3. The van der Waals surface area contributed by atoms with Gasteiger partial charge in [-0.3, -0.25) is 9.48 Å². The van der Waals surface area contributed by atoms with E-state index in [1.165, 1.54) is 11.1 Å². The van der Waals surface area contributed by atoms with Gasteiger partial charge in [0.05, 0.1) is 18.3 Å². The summed E-state index contributed by atoms with van der Waals surface area (Å²) < 4.78 is 28.7. The number of halogens is 2. The van der Waals surface area contributed by atoms with Crippen LogP contribution in [-0.4, -0.2) is 50.8 Å². The summed E-state index contributed by atoms with van der Waals surface area (Å²) in [4.78, 5) is 13.8. The Kier molecular flexibility index (Phi) is 4.62. The van der Waals surface area contributed by atoms with Gasteiger partial charge in [-0.1, -0.05) is 30.3 Å². The maximum Gasteiger partial charge on any atom is 0.275 e. The van der Waals surface area contributed by atoms with Crippen molar-refractivity contribution in [2.75, 3.05) is 13.1 Å². The second-order valence-corrected chi connectivity index (χ2v) is 6.02. The van der Waals surface area contributed by atoms with Crippen LogP contribution in [0.2, 0.25) is 0 Å². The summed E-state index contributed by atoms with van der Waals surface area (Å²) in [6.45, 7) is 0.567. The monoisotopic (exact) mass is 335 g/mol. The predicted octanol–water partition coefficient (Wildman–Crippen LogP) is 2.16. The fourth-order valence-electron chi connectivity index (χ4n) is 2.77. The molecular weight excluding hydrogens is 316 g/mol. The molecule has 1 saturated heterocycles. The summed E-state index contributed by atoms with van der Waals surface area (Å²) in [6, 6.07) is 9.69. The number of aliphatic hydroxyl groups excluding tert-OH is 1. The minimum atomic E-state index is -3.15. The number of carbonyl (C=O) groups excluding carboxylic acids is 1. The van der Waals surface area contributed by atoms with E-state index in [1.54, 1.807) is 10.9 Å². The third kappa shape index (κ3) is 3.62. The molecule has 5 nitrogen and oxygen atoms in total. The lowest BCUT2D eigenvalue weighted by molar-refractivity contribution is -0.108. The number of likely N-dealkylation sites (tertiary alicyclic amines) is 1. The Bertz CT molecular complexity index is 703. The van der Waals surface area contributed by atoms with E-state index in [0.717, 1.165) is 5.56 Å². The second kappa shape index (κ2) is 6.68. The molecule has 2 heterocycles. The van der Waals surface area contributed by atoms with E-state index in [9.17, 15) is 18.7 Å². The van der Waals surface area contributed by atoms with Crippen molar-refractivity contribution < 1.29 is 18.7 Å². The summed E-state index contributed by atoms with van der Waals surface area (Å²) in [7, 11) is 0. The fraction of sp³-hybridized carbons (Fsp3) is 0.412. The van der Waals surface area contributed by atoms with Gasteiger partial charge in [-0.15, -0.1) is 0 Å². The second-order valence-electron chi connectivity index (χ2n) is 6.02. The average molecular weight is 335 g/mol. The third-order valence-electron chi connectivity index (χ3n) is 4.23. The first-order chi connectivity index (χ1) is 11.5. The van der Waals surface area contributed by atoms with E-state index in [-0.39, 0.29) is 25.4 Å². The van der Waals surface area contributed by atoms with Crippen LogP contribution < -0.4 is 0 Å². The smallest absolute Gasteiger partial charge is 0.275 e. The fourth-order valence-corrected chi connectivity index (χ4v) is 2.77. The van der Waals surface area contributed by atoms with Crippen LogP contribution in [0, 0.1) is 0 Å². The molecule has 3 rings (SSSR count). The van der Waals surface area contributed by atoms with Crippen LogP contribution in [-0.2, 0) is 6.54 Å². The Hall–Kier alpha value is -2.28. The molecule has 1 atom stereocenters. The molecule has 0 spiro atoms. The van der Waals surface area contributed by atoms with Gasteiger partial charge >= 0.3 is 0 Å². The van der Waals surface area contributed by atoms with E-state index in [0.29, 0.717) is 12.1 Å². The summed E-state index contributed by atoms with van der Waals surface area (Å²) in [6.07, 6.45) is 0.713. The average Bonchev–Trinajstić information content (AvgIpc) is 2.98. The highest BCUT2D eigenvalue weighted by Crippen LogP contribution is 2.28. The molecule has 0 saturated carbocycles. The standard InChI is InChI=1S/C17H19F2N3O2/c18-17(19)7-9-21(8-6-15(17)23)16(24)14-10-20-22(12-14)11-13-4-2-1-3-5-13/h1-5,10,12,15,23H,6-9,11H2. The maximum absolute atomic E-state index is 13.5. The molecule has 128 valence electrons. The maximum atomic E-state index is 13.5. The first-order valence-electron chi connectivity index (χ1n) is 7.87. The number of benzene rings is 1. The van der Waals surface area contributed by atoms with Gasteiger partial charge in [0.15, 0.2) is 0 Å². The predicted molar refractivity (Wildman–Crippen MR) is 83.9 cm³/mol. The number of aromatic nitrogens is 2. The minimum absolute atomic E-state index is 0.0766. The van der Waals surface area contributed by atoms with Crippen LogP contribution in [0.15, 0.2) is 42.7 Å². The van der Waals surface area contributed by atoms with Crippen molar-refractivity contribution in [1.82, 2.24) is 14.7 Å². The van der Waals surface area contributed by atoms with Gasteiger partial charge in [0.25, 0.3) is 11.8 Å². The highest BCUT2D eigenvalue weighted by Gasteiger charge is 2.41. The van der Waals surface area contributed by atoms with Crippen molar-refractivity contribution in [2.45, 2.75) is 31.4 Å². The number of hydrogen-bond donors (Lipinski definition) is 1. The van der Waals surface area contributed by atoms with Crippen LogP contribution in [0.1, 0.15) is 28.8 Å². The van der Waals surface area contributed by atoms with Crippen LogP contribution in [0.25, 0.3) is 0 Å². The molecule has 1 aromatic heterocycles. The zero-order valence-corrected chi connectivity index (χ0v) is 13.1. The van der Waals surface area contributed by atoms with E-state index in [2.05, 4.69) is 5.10 Å². The van der Waals surface area contributed by atoms with Crippen molar-refractivity contribution in [3.63, 3.8) is 0 Å². The Balaban J connectivity index is 1.67. The molecule has 7 heteroatoms. The van der Waals surface area contributed by atoms with Crippen molar-refractivity contribution in [2.24, 2.45) is 0 Å². The number of rotatable bonds is 3. The van der Waals surface area contributed by atoms with Gasteiger partial charge in [-0.2, -0.15) is 5.10 Å². The lowest BCUT2D eigenvalue weighted by Gasteiger charge is -2.19. The van der Waals surface area contributed by atoms with Crippen molar-refractivity contribution in [3.8, 4) is 0 Å². The normalized spacial score (nSPS) is 20.6. The van der Waals surface area contributed by atoms with Gasteiger partial charge in [0.2, 0.25) is 0 Å². The SMILES string of the molecule is O=C(c1cnn(Cc2ccccc2)c1)N1CCC(O)C(F)(F)CC1. The molecule has 1 unspecified atom stereocenters. The van der Waals surface area contributed by atoms with Crippen LogP contribution >= 0.6 is 0 Å². The van der Waals surface area contributed by atoms with Crippen molar-refractivity contribution >= 4 is 5.91 Å². The highest BCUT2D eigenvalue weighted by atomic mass is 19.3. The molecule has 1 N–H and O–H groups in total. The number of carbonyl (C=O) groups is 1. The van der Waals surface area contributed by atoms with Gasteiger partial charge in [0.1, 0.15) is 6.10 Å². The van der Waals surface area contributed by atoms with E-state index in [4.69, 9.17) is 0 Å². The lowest BCUT2D eigenvalue weighted by atomic mass is 10.1. The summed E-state index contributed by atoms with van der Waals surface area (Å²) in [5, 5.41) is 13.6. The third-order valence-corrected chi connectivity index (χ3v) is 4.23. The quantitative estimate of drug-likeness (QED) is 0.935. The zero-order valence-electron chi connectivity index (χ0n) is 13.1. The molecule has 1 aliphatic rings. The highest BCUT2D eigenvalue weighted by molar-refractivity contribution is 5.93. The summed E-state index contributed by atoms with van der Waals surface area (Å²) in [5.74, 6) is -3.48. The summed E-state index contributed by atoms with van der Waals surface area (Å²) >= 11 is 0. The molecule has 0 radical (unpaired) electrons. The van der Waals surface area contributed by atoms with E-state index < -0.39 is 18.4 Å². The zero-order chi connectivity index (χ0) is 17.2. The van der Waals surface area contributed by atoms with Crippen LogP contribution in [0.3, 0.4) is 0 Å². The number of amides is 1. The van der Waals surface area contributed by atoms with Crippen molar-refractivity contribution in [3.05, 3.63) is 53.9 Å². The first-order valence-corrected chi connectivity index (χ1v) is 7.87. The molecule has 0 bridgehead atoms. The number of alkyl halides is 2. The van der Waals surface area contributed by atoms with Crippen molar-refractivity contribution in [1.29, 1.82) is 0 Å². The topological polar surface area (TPSA) is 58.4 Å². The molecular formula is C17H19F2N3O2. The Labute approximate surface area is 138 Å². The van der Waals surface area contributed by atoms with Gasteiger partial charge in [-0.25, -0.2) is 8.78 Å². The molecule has 1 aliphatic heterocycles. The van der Waals surface area contributed by atoms with Gasteiger partial charge in [-0.05, 0) is 12.0 Å². The van der Waals surface area contributed by atoms with Gasteiger partial charge < -0.3 is 10.0 Å². The molecule has 0 aliphatic carbocycles. The minimum Gasteiger partial charge on any atom is -0.387 e. The molecule has 1 aromatic carbocycles. The summed E-state index contributed by atoms with van der Waals surface area (Å²) in [5.41, 5.74) is 1.42. The van der Waals surface area contributed by atoms with E-state index >= 15 is 0 Å². The molecule has 1 amide bonds. The lowest BCUT2D eigenvalue weighted by Crippen LogP contribution is -2.33. The Morgan fingerprint density at radius 3 is 2.79 bits per heavy atom. The molecule has 2 aromatic rings. The first kappa shape index (κ1) is 16.6. The van der Waals surface area contributed by atoms with Crippen LogP contribution in [0.5, 0.6) is 0 Å². The molecule has 1 fully saturated rings. The Morgan fingerprint density at radius 1 is 1.29 bits per heavy atom. The largest absolute Gasteiger partial charge is 0.387 e. The van der Waals surface area contributed by atoms with Gasteiger partial charge in [0, 0.05) is 25.7 Å². The number of aliphatic hydroxyl groups is 1. The van der Waals surface area contributed by atoms with E-state index in [1.807, 2.05) is 30.3 Å². The number of hydrogen-bond acceptors (Lipinski definition) is 3. The van der Waals surface area contributed by atoms with Crippen LogP contribution in [0.4, 0.5) is 8.78 Å². The Morgan fingerprint density at radius 2 is 2.04 bits per heavy atom. The molecule has 24 heavy (non-hydrogen) atoms.